The van der Waals surface area contributed by atoms with Gasteiger partial charge in [-0.3, -0.25) is 0 Å². The molecule has 0 radical (unpaired) electrons. The van der Waals surface area contributed by atoms with E-state index in [1.165, 1.54) is 17.5 Å². The number of aryl methyl sites for hydroxylation is 1. The predicted molar refractivity (Wildman–Crippen MR) is 71.7 cm³/mol. The van der Waals surface area contributed by atoms with E-state index in [-0.39, 0.29) is 0 Å². The molecule has 90 valence electrons. The van der Waals surface area contributed by atoms with Gasteiger partial charge in [0.15, 0.2) is 0 Å². The SMILES string of the molecule is CCC(C)(C)CNC(C)c1ccccc1C. The first-order valence-corrected chi connectivity index (χ1v) is 6.25. The van der Waals surface area contributed by atoms with Crippen molar-refractivity contribution in [2.24, 2.45) is 5.41 Å². The van der Waals surface area contributed by atoms with E-state index in [1.807, 2.05) is 0 Å². The van der Waals surface area contributed by atoms with E-state index in [0.717, 1.165) is 6.54 Å². The van der Waals surface area contributed by atoms with E-state index >= 15 is 0 Å². The van der Waals surface area contributed by atoms with Crippen molar-refractivity contribution in [2.45, 2.75) is 47.1 Å². The molecule has 16 heavy (non-hydrogen) atoms. The van der Waals surface area contributed by atoms with Crippen molar-refractivity contribution in [1.82, 2.24) is 5.32 Å². The van der Waals surface area contributed by atoms with Gasteiger partial charge in [-0.25, -0.2) is 0 Å². The van der Waals surface area contributed by atoms with Gasteiger partial charge >= 0.3 is 0 Å². The van der Waals surface area contributed by atoms with Gasteiger partial charge in [-0.15, -0.1) is 0 Å². The molecule has 0 fully saturated rings. The van der Waals surface area contributed by atoms with Crippen molar-refractivity contribution in [3.63, 3.8) is 0 Å². The van der Waals surface area contributed by atoms with Crippen LogP contribution in [0.5, 0.6) is 0 Å². The summed E-state index contributed by atoms with van der Waals surface area (Å²) in [6.45, 7) is 12.4. The van der Waals surface area contributed by atoms with Crippen LogP contribution in [0.3, 0.4) is 0 Å². The van der Waals surface area contributed by atoms with Crippen molar-refractivity contribution in [2.75, 3.05) is 6.54 Å². The molecule has 1 N–H and O–H groups in total. The highest BCUT2D eigenvalue weighted by Crippen LogP contribution is 2.21. The zero-order valence-electron chi connectivity index (χ0n) is 11.3. The Kier molecular flexibility index (Phi) is 4.55. The smallest absolute Gasteiger partial charge is 0.0294 e. The second kappa shape index (κ2) is 5.49. The van der Waals surface area contributed by atoms with Crippen molar-refractivity contribution < 1.29 is 0 Å². The minimum absolute atomic E-state index is 0.386. The second-order valence-corrected chi connectivity index (χ2v) is 5.48. The summed E-state index contributed by atoms with van der Waals surface area (Å²) in [6.07, 6.45) is 1.21. The van der Waals surface area contributed by atoms with Crippen LogP contribution in [0.4, 0.5) is 0 Å². The van der Waals surface area contributed by atoms with Crippen LogP contribution in [0.25, 0.3) is 0 Å². The highest BCUT2D eigenvalue weighted by Gasteiger charge is 2.16. The Balaban J connectivity index is 2.60. The van der Waals surface area contributed by atoms with Crippen LogP contribution < -0.4 is 5.32 Å². The van der Waals surface area contributed by atoms with Gasteiger partial charge in [0.2, 0.25) is 0 Å². The van der Waals surface area contributed by atoms with Gasteiger partial charge in [0.1, 0.15) is 0 Å². The number of benzene rings is 1. The summed E-state index contributed by atoms with van der Waals surface area (Å²) in [7, 11) is 0. The molecule has 1 atom stereocenters. The number of hydrogen-bond donors (Lipinski definition) is 1. The molecule has 0 aliphatic rings. The molecule has 0 spiro atoms. The molecule has 0 amide bonds. The molecule has 0 aliphatic heterocycles. The fourth-order valence-electron chi connectivity index (χ4n) is 1.74. The third-order valence-corrected chi connectivity index (χ3v) is 3.50. The Labute approximate surface area is 100 Å². The lowest BCUT2D eigenvalue weighted by Gasteiger charge is -2.26. The number of rotatable bonds is 5. The Morgan fingerprint density at radius 1 is 1.25 bits per heavy atom. The molecule has 1 heteroatoms. The van der Waals surface area contributed by atoms with Crippen LogP contribution in [-0.2, 0) is 0 Å². The van der Waals surface area contributed by atoms with E-state index in [9.17, 15) is 0 Å². The predicted octanol–water partition coefficient (Wildman–Crippen LogP) is 4.08. The summed E-state index contributed by atoms with van der Waals surface area (Å²) in [6, 6.07) is 9.05. The van der Waals surface area contributed by atoms with Gasteiger partial charge in [-0.2, -0.15) is 0 Å². The van der Waals surface area contributed by atoms with Crippen LogP contribution in [-0.4, -0.2) is 6.54 Å². The molecule has 0 heterocycles. The minimum Gasteiger partial charge on any atom is -0.310 e. The monoisotopic (exact) mass is 219 g/mol. The third kappa shape index (κ3) is 3.64. The standard InChI is InChI=1S/C15H25N/c1-6-15(4,5)11-16-13(3)14-10-8-7-9-12(14)2/h7-10,13,16H,6,11H2,1-5H3. The van der Waals surface area contributed by atoms with Gasteiger partial charge in [0.25, 0.3) is 0 Å². The van der Waals surface area contributed by atoms with Gasteiger partial charge in [0, 0.05) is 12.6 Å². The van der Waals surface area contributed by atoms with E-state index in [1.54, 1.807) is 0 Å². The van der Waals surface area contributed by atoms with Gasteiger partial charge in [-0.1, -0.05) is 45.0 Å². The zero-order valence-corrected chi connectivity index (χ0v) is 11.3. The van der Waals surface area contributed by atoms with E-state index in [4.69, 9.17) is 0 Å². The summed E-state index contributed by atoms with van der Waals surface area (Å²) in [5.41, 5.74) is 3.17. The summed E-state index contributed by atoms with van der Waals surface area (Å²) in [5.74, 6) is 0. The molecular formula is C15H25N. The van der Waals surface area contributed by atoms with Crippen LogP contribution >= 0.6 is 0 Å². The van der Waals surface area contributed by atoms with Crippen molar-refractivity contribution in [1.29, 1.82) is 0 Å². The number of hydrogen-bond acceptors (Lipinski definition) is 1. The third-order valence-electron chi connectivity index (χ3n) is 3.50. The lowest BCUT2D eigenvalue weighted by Crippen LogP contribution is -2.31. The van der Waals surface area contributed by atoms with Crippen molar-refractivity contribution in [3.05, 3.63) is 35.4 Å². The maximum atomic E-state index is 3.63. The van der Waals surface area contributed by atoms with Crippen LogP contribution in [0.2, 0.25) is 0 Å². The summed E-state index contributed by atoms with van der Waals surface area (Å²) in [4.78, 5) is 0. The average molecular weight is 219 g/mol. The zero-order chi connectivity index (χ0) is 12.2. The van der Waals surface area contributed by atoms with E-state index < -0.39 is 0 Å². The quantitative estimate of drug-likeness (QED) is 0.786. The maximum absolute atomic E-state index is 3.63. The van der Waals surface area contributed by atoms with Gasteiger partial charge in [0.05, 0.1) is 0 Å². The maximum Gasteiger partial charge on any atom is 0.0294 e. The Bertz CT molecular complexity index is 328. The normalized spacial score (nSPS) is 13.8. The minimum atomic E-state index is 0.386. The largest absolute Gasteiger partial charge is 0.310 e. The van der Waals surface area contributed by atoms with E-state index in [2.05, 4.69) is 64.2 Å². The highest BCUT2D eigenvalue weighted by molar-refractivity contribution is 5.28. The molecule has 0 saturated carbocycles. The van der Waals surface area contributed by atoms with Crippen LogP contribution in [0, 0.1) is 12.3 Å². The number of nitrogens with one attached hydrogen (secondary N) is 1. The van der Waals surface area contributed by atoms with Crippen molar-refractivity contribution in [3.8, 4) is 0 Å². The summed E-state index contributed by atoms with van der Waals surface area (Å²) in [5, 5.41) is 3.63. The molecule has 1 aromatic carbocycles. The Hall–Kier alpha value is -0.820. The fourth-order valence-corrected chi connectivity index (χ4v) is 1.74. The molecule has 0 bridgehead atoms. The lowest BCUT2D eigenvalue weighted by molar-refractivity contribution is 0.313. The first-order valence-electron chi connectivity index (χ1n) is 6.25. The molecule has 0 aliphatic carbocycles. The molecule has 1 nitrogen and oxygen atoms in total. The Morgan fingerprint density at radius 2 is 1.88 bits per heavy atom. The van der Waals surface area contributed by atoms with Gasteiger partial charge < -0.3 is 5.32 Å². The molecule has 1 rings (SSSR count). The lowest BCUT2D eigenvalue weighted by atomic mass is 9.89. The van der Waals surface area contributed by atoms with Crippen LogP contribution in [0.1, 0.15) is 51.3 Å². The van der Waals surface area contributed by atoms with Gasteiger partial charge in [-0.05, 0) is 36.8 Å². The second-order valence-electron chi connectivity index (χ2n) is 5.48. The molecule has 1 unspecified atom stereocenters. The fraction of sp³-hybridized carbons (Fsp3) is 0.600. The van der Waals surface area contributed by atoms with Crippen LogP contribution in [0.15, 0.2) is 24.3 Å². The summed E-state index contributed by atoms with van der Waals surface area (Å²) >= 11 is 0. The molecular weight excluding hydrogens is 194 g/mol. The molecule has 1 aromatic rings. The average Bonchev–Trinajstić information content (AvgIpc) is 2.27. The Morgan fingerprint density at radius 3 is 2.44 bits per heavy atom. The first-order chi connectivity index (χ1) is 7.46. The summed E-state index contributed by atoms with van der Waals surface area (Å²) < 4.78 is 0. The first kappa shape index (κ1) is 13.2. The highest BCUT2D eigenvalue weighted by atomic mass is 14.9. The van der Waals surface area contributed by atoms with E-state index in [0.29, 0.717) is 11.5 Å². The molecule has 0 aromatic heterocycles. The molecule has 0 saturated heterocycles. The topological polar surface area (TPSA) is 12.0 Å². The van der Waals surface area contributed by atoms with Crippen molar-refractivity contribution >= 4 is 0 Å².